The molecule has 7 heteroatoms. The van der Waals surface area contributed by atoms with Gasteiger partial charge in [0.1, 0.15) is 12.0 Å². The van der Waals surface area contributed by atoms with Crippen LogP contribution in [-0.4, -0.2) is 22.6 Å². The van der Waals surface area contributed by atoms with Gasteiger partial charge in [-0.1, -0.05) is 12.1 Å². The Hall–Kier alpha value is -1.70. The minimum Gasteiger partial charge on any atom is -0.235 e. The second-order valence-electron chi connectivity index (χ2n) is 3.85. The SMILES string of the molecule is N[N+]12C=C(Br)N=CC1=NC(c1cccc(F)c1)=N2. The van der Waals surface area contributed by atoms with E-state index in [1.54, 1.807) is 18.3 Å². The third kappa shape index (κ3) is 1.82. The molecular weight excluding hydrogens is 301 g/mol. The van der Waals surface area contributed by atoms with Gasteiger partial charge in [-0.25, -0.2) is 9.38 Å². The second kappa shape index (κ2) is 3.91. The third-order valence-corrected chi connectivity index (χ3v) is 2.95. The molecule has 2 heterocycles. The van der Waals surface area contributed by atoms with Gasteiger partial charge in [0.25, 0.3) is 5.84 Å². The number of hydrogen-bond donors (Lipinski definition) is 1. The highest BCUT2D eigenvalue weighted by Crippen LogP contribution is 2.23. The average molecular weight is 309 g/mol. The molecule has 0 saturated heterocycles. The number of amidine groups is 2. The Morgan fingerprint density at radius 3 is 2.94 bits per heavy atom. The Morgan fingerprint density at radius 2 is 2.17 bits per heavy atom. The summed E-state index contributed by atoms with van der Waals surface area (Å²) in [5.74, 6) is 6.58. The summed E-state index contributed by atoms with van der Waals surface area (Å²) in [7, 11) is 0. The van der Waals surface area contributed by atoms with Gasteiger partial charge in [0, 0.05) is 5.56 Å². The van der Waals surface area contributed by atoms with Crippen LogP contribution in [0, 0.1) is 5.82 Å². The maximum absolute atomic E-state index is 13.2. The Bertz CT molecular complexity index is 649. The van der Waals surface area contributed by atoms with Crippen molar-refractivity contribution >= 4 is 33.8 Å². The fraction of sp³-hybridized carbons (Fsp3) is 0. The quantitative estimate of drug-likeness (QED) is 0.480. The molecule has 0 fully saturated rings. The van der Waals surface area contributed by atoms with Crippen LogP contribution >= 0.6 is 15.9 Å². The predicted molar refractivity (Wildman–Crippen MR) is 70.3 cm³/mol. The number of fused-ring (bicyclic) bond motifs is 1. The van der Waals surface area contributed by atoms with E-state index >= 15 is 0 Å². The molecule has 18 heavy (non-hydrogen) atoms. The van der Waals surface area contributed by atoms with E-state index in [-0.39, 0.29) is 10.5 Å². The maximum Gasteiger partial charge on any atom is 0.300 e. The van der Waals surface area contributed by atoms with E-state index in [1.807, 2.05) is 0 Å². The van der Waals surface area contributed by atoms with Crippen molar-refractivity contribution in [1.82, 2.24) is 0 Å². The van der Waals surface area contributed by atoms with Crippen molar-refractivity contribution in [2.45, 2.75) is 0 Å². The molecule has 0 aliphatic carbocycles. The van der Waals surface area contributed by atoms with Gasteiger partial charge in [0.2, 0.25) is 5.84 Å². The summed E-state index contributed by atoms with van der Waals surface area (Å²) in [4.78, 5) is 8.30. The van der Waals surface area contributed by atoms with E-state index in [4.69, 9.17) is 5.84 Å². The van der Waals surface area contributed by atoms with Crippen LogP contribution in [-0.2, 0) is 0 Å². The molecule has 2 aliphatic rings. The highest BCUT2D eigenvalue weighted by molar-refractivity contribution is 9.11. The van der Waals surface area contributed by atoms with Crippen LogP contribution in [0.15, 0.2) is 50.2 Å². The summed E-state index contributed by atoms with van der Waals surface area (Å²) < 4.78 is 13.4. The zero-order chi connectivity index (χ0) is 12.8. The summed E-state index contributed by atoms with van der Waals surface area (Å²) in [6.45, 7) is 0. The lowest BCUT2D eigenvalue weighted by atomic mass is 10.2. The Labute approximate surface area is 111 Å². The van der Waals surface area contributed by atoms with Crippen LogP contribution in [0.5, 0.6) is 0 Å². The van der Waals surface area contributed by atoms with Crippen molar-refractivity contribution in [1.29, 1.82) is 0 Å². The van der Waals surface area contributed by atoms with Crippen molar-refractivity contribution in [3.63, 3.8) is 0 Å². The predicted octanol–water partition coefficient (Wildman–Crippen LogP) is 1.87. The molecule has 0 saturated carbocycles. The summed E-state index contributed by atoms with van der Waals surface area (Å²) in [5.41, 5.74) is 0.581. The molecular formula is C11H8BrFN5+. The van der Waals surface area contributed by atoms with Crippen LogP contribution < -0.4 is 5.84 Å². The average Bonchev–Trinajstić information content (AvgIpc) is 2.65. The summed E-state index contributed by atoms with van der Waals surface area (Å²) in [5, 5.41) is 4.27. The number of halogens is 2. The lowest BCUT2D eigenvalue weighted by molar-refractivity contribution is -0.803. The number of nitrogens with zero attached hydrogens (tertiary/aromatic N) is 4. The normalized spacial score (nSPS) is 25.4. The number of benzene rings is 1. The van der Waals surface area contributed by atoms with E-state index in [1.165, 1.54) is 18.3 Å². The van der Waals surface area contributed by atoms with Crippen LogP contribution in [0.25, 0.3) is 0 Å². The van der Waals surface area contributed by atoms with Crippen molar-refractivity contribution < 1.29 is 9.09 Å². The Kier molecular flexibility index (Phi) is 2.47. The van der Waals surface area contributed by atoms with Gasteiger partial charge in [-0.3, -0.25) is 0 Å². The molecule has 0 aromatic heterocycles. The Balaban J connectivity index is 2.08. The van der Waals surface area contributed by atoms with E-state index < -0.39 is 0 Å². The molecule has 0 spiro atoms. The van der Waals surface area contributed by atoms with E-state index in [0.717, 1.165) is 0 Å². The van der Waals surface area contributed by atoms with Crippen LogP contribution in [0.1, 0.15) is 5.56 Å². The molecule has 1 aromatic carbocycles. The van der Waals surface area contributed by atoms with Gasteiger partial charge >= 0.3 is 0 Å². The minimum absolute atomic E-state index is 0.310. The van der Waals surface area contributed by atoms with Gasteiger partial charge in [-0.05, 0) is 37.9 Å². The first-order chi connectivity index (χ1) is 8.57. The first kappa shape index (κ1) is 11.4. The monoisotopic (exact) mass is 308 g/mol. The first-order valence-corrected chi connectivity index (χ1v) is 5.91. The van der Waals surface area contributed by atoms with Crippen LogP contribution in [0.4, 0.5) is 4.39 Å². The summed E-state index contributed by atoms with van der Waals surface area (Å²) >= 11 is 3.23. The summed E-state index contributed by atoms with van der Waals surface area (Å²) in [6, 6.07) is 6.06. The van der Waals surface area contributed by atoms with Gasteiger partial charge in [0.15, 0.2) is 10.8 Å². The highest BCUT2D eigenvalue weighted by Gasteiger charge is 2.38. The zero-order valence-corrected chi connectivity index (χ0v) is 10.7. The van der Waals surface area contributed by atoms with E-state index in [2.05, 4.69) is 31.0 Å². The van der Waals surface area contributed by atoms with E-state index in [9.17, 15) is 4.39 Å². The van der Waals surface area contributed by atoms with Crippen molar-refractivity contribution in [3.05, 3.63) is 46.5 Å². The molecule has 1 atom stereocenters. The lowest BCUT2D eigenvalue weighted by Crippen LogP contribution is -2.49. The molecule has 2 aliphatic heterocycles. The van der Waals surface area contributed by atoms with Crippen molar-refractivity contribution in [2.24, 2.45) is 20.9 Å². The fourth-order valence-electron chi connectivity index (χ4n) is 1.70. The number of aliphatic imine (C=N–C) groups is 2. The molecule has 5 nitrogen and oxygen atoms in total. The molecule has 1 aromatic rings. The first-order valence-electron chi connectivity index (χ1n) is 5.12. The van der Waals surface area contributed by atoms with E-state index in [0.29, 0.717) is 21.8 Å². The molecule has 1 unspecified atom stereocenters. The van der Waals surface area contributed by atoms with Gasteiger partial charge < -0.3 is 0 Å². The minimum atomic E-state index is -0.339. The number of quaternary nitrogens is 1. The third-order valence-electron chi connectivity index (χ3n) is 2.54. The van der Waals surface area contributed by atoms with Gasteiger partial charge in [-0.15, -0.1) is 5.84 Å². The number of hydrogen-bond acceptors (Lipinski definition) is 4. The van der Waals surface area contributed by atoms with Gasteiger partial charge in [-0.2, -0.15) is 4.99 Å². The number of rotatable bonds is 1. The standard InChI is InChI=1S/C11H8BrFN5/c12-9-6-18(14)10(5-15-9)16-11(17-18)7-2-1-3-8(13)4-7/h1-6H,14H2/q+1. The molecule has 90 valence electrons. The van der Waals surface area contributed by atoms with Crippen LogP contribution in [0.3, 0.4) is 0 Å². The maximum atomic E-state index is 13.2. The van der Waals surface area contributed by atoms with Crippen molar-refractivity contribution in [2.75, 3.05) is 0 Å². The molecule has 0 radical (unpaired) electrons. The highest BCUT2D eigenvalue weighted by atomic mass is 79.9. The largest absolute Gasteiger partial charge is 0.300 e. The van der Waals surface area contributed by atoms with Crippen LogP contribution in [0.2, 0.25) is 0 Å². The van der Waals surface area contributed by atoms with Gasteiger partial charge in [0.05, 0.1) is 0 Å². The molecule has 0 bridgehead atoms. The molecule has 2 N–H and O–H groups in total. The molecule has 3 rings (SSSR count). The van der Waals surface area contributed by atoms with Crippen molar-refractivity contribution in [3.8, 4) is 0 Å². The lowest BCUT2D eigenvalue weighted by Gasteiger charge is -2.17. The smallest absolute Gasteiger partial charge is 0.235 e. The fourth-order valence-corrected chi connectivity index (χ4v) is 2.11. The Morgan fingerprint density at radius 1 is 1.33 bits per heavy atom. The zero-order valence-electron chi connectivity index (χ0n) is 9.09. The second-order valence-corrected chi connectivity index (χ2v) is 4.66. The molecule has 0 amide bonds. The topological polar surface area (TPSA) is 63.1 Å². The number of nitrogens with two attached hydrogens (primary N) is 1. The summed E-state index contributed by atoms with van der Waals surface area (Å²) in [6.07, 6.45) is 3.13.